The Kier molecular flexibility index (Phi) is 3.43. The number of anilines is 1. The molecular weight excluding hydrogens is 204 g/mol. The molecule has 1 aromatic rings. The van der Waals surface area contributed by atoms with Crippen LogP contribution in [0.4, 0.5) is 6.01 Å². The van der Waals surface area contributed by atoms with Gasteiger partial charge in [0.25, 0.3) is 0 Å². The number of nitrogens with two attached hydrogens (primary N) is 1. The SMILES string of the molecule is CC(C)N1CCCC(Cc2noc(N)n2)C1. The van der Waals surface area contributed by atoms with Crippen LogP contribution >= 0.6 is 0 Å². The fraction of sp³-hybridized carbons (Fsp3) is 0.818. The minimum Gasteiger partial charge on any atom is -0.351 e. The Balaban J connectivity index is 1.90. The Morgan fingerprint density at radius 2 is 2.38 bits per heavy atom. The Hall–Kier alpha value is -1.10. The van der Waals surface area contributed by atoms with Crippen LogP contribution in [0.1, 0.15) is 32.5 Å². The third-order valence-electron chi connectivity index (χ3n) is 3.24. The summed E-state index contributed by atoms with van der Waals surface area (Å²) in [5, 5.41) is 3.85. The Labute approximate surface area is 96.0 Å². The molecular formula is C11H20N4O. The lowest BCUT2D eigenvalue weighted by atomic mass is 9.94. The van der Waals surface area contributed by atoms with E-state index < -0.39 is 0 Å². The molecule has 1 aliphatic rings. The van der Waals surface area contributed by atoms with Crippen molar-refractivity contribution in [3.63, 3.8) is 0 Å². The summed E-state index contributed by atoms with van der Waals surface area (Å²) in [5.41, 5.74) is 5.41. The molecule has 2 heterocycles. The molecule has 2 N–H and O–H groups in total. The summed E-state index contributed by atoms with van der Waals surface area (Å²) < 4.78 is 4.78. The van der Waals surface area contributed by atoms with E-state index in [0.717, 1.165) is 18.8 Å². The van der Waals surface area contributed by atoms with Crippen molar-refractivity contribution in [1.29, 1.82) is 0 Å². The van der Waals surface area contributed by atoms with Gasteiger partial charge in [-0.05, 0) is 39.2 Å². The summed E-state index contributed by atoms with van der Waals surface area (Å²) in [6, 6.07) is 0.796. The summed E-state index contributed by atoms with van der Waals surface area (Å²) in [6.45, 7) is 6.83. The van der Waals surface area contributed by atoms with Crippen LogP contribution < -0.4 is 5.73 Å². The van der Waals surface area contributed by atoms with Crippen molar-refractivity contribution in [3.8, 4) is 0 Å². The normalized spacial score (nSPS) is 22.8. The number of likely N-dealkylation sites (tertiary alicyclic amines) is 1. The number of piperidine rings is 1. The van der Waals surface area contributed by atoms with Crippen LogP contribution in [0.3, 0.4) is 0 Å². The smallest absolute Gasteiger partial charge is 0.318 e. The van der Waals surface area contributed by atoms with Crippen molar-refractivity contribution >= 4 is 6.01 Å². The third kappa shape index (κ3) is 2.72. The molecule has 0 radical (unpaired) electrons. The zero-order valence-corrected chi connectivity index (χ0v) is 10.0. The van der Waals surface area contributed by atoms with Crippen LogP contribution in [0.15, 0.2) is 4.52 Å². The van der Waals surface area contributed by atoms with Gasteiger partial charge < -0.3 is 15.2 Å². The first-order valence-electron chi connectivity index (χ1n) is 5.97. The second-order valence-corrected chi connectivity index (χ2v) is 4.85. The maximum absolute atomic E-state index is 5.41. The molecule has 0 aliphatic carbocycles. The van der Waals surface area contributed by atoms with Crippen molar-refractivity contribution in [2.24, 2.45) is 5.92 Å². The maximum Gasteiger partial charge on any atom is 0.318 e. The fourth-order valence-corrected chi connectivity index (χ4v) is 2.34. The molecule has 0 aromatic carbocycles. The zero-order chi connectivity index (χ0) is 11.5. The standard InChI is InChI=1S/C11H20N4O/c1-8(2)15-5-3-4-9(7-15)6-10-13-11(12)16-14-10/h8-9H,3-7H2,1-2H3,(H2,12,13,14). The molecule has 0 spiro atoms. The second kappa shape index (κ2) is 4.82. The van der Waals surface area contributed by atoms with Crippen molar-refractivity contribution < 1.29 is 4.52 Å². The monoisotopic (exact) mass is 224 g/mol. The topological polar surface area (TPSA) is 68.2 Å². The highest BCUT2D eigenvalue weighted by Crippen LogP contribution is 2.21. The highest BCUT2D eigenvalue weighted by atomic mass is 16.5. The molecule has 5 nitrogen and oxygen atoms in total. The molecule has 1 atom stereocenters. The Morgan fingerprint density at radius 3 is 3.00 bits per heavy atom. The summed E-state index contributed by atoms with van der Waals surface area (Å²) in [5.74, 6) is 1.38. The average molecular weight is 224 g/mol. The van der Waals surface area contributed by atoms with Gasteiger partial charge in [-0.3, -0.25) is 0 Å². The molecule has 0 saturated carbocycles. The predicted octanol–water partition coefficient (Wildman–Crippen LogP) is 1.31. The van der Waals surface area contributed by atoms with Crippen LogP contribution in [0.5, 0.6) is 0 Å². The Morgan fingerprint density at radius 1 is 1.56 bits per heavy atom. The van der Waals surface area contributed by atoms with Gasteiger partial charge in [0, 0.05) is 19.0 Å². The molecule has 0 bridgehead atoms. The molecule has 90 valence electrons. The number of hydrogen-bond acceptors (Lipinski definition) is 5. The van der Waals surface area contributed by atoms with Crippen LogP contribution in [-0.4, -0.2) is 34.2 Å². The largest absolute Gasteiger partial charge is 0.351 e. The molecule has 1 saturated heterocycles. The minimum atomic E-state index is 0.173. The van der Waals surface area contributed by atoms with E-state index >= 15 is 0 Å². The van der Waals surface area contributed by atoms with Crippen molar-refractivity contribution in [2.75, 3.05) is 18.8 Å². The Bertz CT molecular complexity index is 336. The zero-order valence-electron chi connectivity index (χ0n) is 10.0. The molecule has 5 heteroatoms. The highest BCUT2D eigenvalue weighted by Gasteiger charge is 2.23. The van der Waals surface area contributed by atoms with Gasteiger partial charge in [-0.15, -0.1) is 0 Å². The second-order valence-electron chi connectivity index (χ2n) is 4.85. The third-order valence-corrected chi connectivity index (χ3v) is 3.24. The fourth-order valence-electron chi connectivity index (χ4n) is 2.34. The van der Waals surface area contributed by atoms with Crippen molar-refractivity contribution in [3.05, 3.63) is 5.82 Å². The lowest BCUT2D eigenvalue weighted by Gasteiger charge is -2.35. The van der Waals surface area contributed by atoms with Crippen LogP contribution in [0.25, 0.3) is 0 Å². The lowest BCUT2D eigenvalue weighted by molar-refractivity contribution is 0.138. The quantitative estimate of drug-likeness (QED) is 0.838. The van der Waals surface area contributed by atoms with E-state index in [1.54, 1.807) is 0 Å². The van der Waals surface area contributed by atoms with Gasteiger partial charge in [-0.1, -0.05) is 5.16 Å². The van der Waals surface area contributed by atoms with E-state index in [1.165, 1.54) is 19.4 Å². The number of nitrogens with zero attached hydrogens (tertiary/aromatic N) is 3. The van der Waals surface area contributed by atoms with Gasteiger partial charge in [-0.2, -0.15) is 4.98 Å². The molecule has 16 heavy (non-hydrogen) atoms. The van der Waals surface area contributed by atoms with Crippen LogP contribution in [0, 0.1) is 5.92 Å². The molecule has 1 aromatic heterocycles. The van der Waals surface area contributed by atoms with E-state index in [4.69, 9.17) is 10.3 Å². The molecule has 2 rings (SSSR count). The van der Waals surface area contributed by atoms with E-state index in [0.29, 0.717) is 12.0 Å². The van der Waals surface area contributed by atoms with Crippen molar-refractivity contribution in [2.45, 2.75) is 39.2 Å². The average Bonchev–Trinajstić information content (AvgIpc) is 2.64. The summed E-state index contributed by atoms with van der Waals surface area (Å²) in [7, 11) is 0. The van der Waals surface area contributed by atoms with Gasteiger partial charge in [0.15, 0.2) is 5.82 Å². The minimum absolute atomic E-state index is 0.173. The summed E-state index contributed by atoms with van der Waals surface area (Å²) in [6.07, 6.45) is 3.39. The molecule has 1 aliphatic heterocycles. The maximum atomic E-state index is 5.41. The molecule has 1 unspecified atom stereocenters. The first kappa shape index (κ1) is 11.4. The van der Waals surface area contributed by atoms with E-state index in [-0.39, 0.29) is 6.01 Å². The molecule has 0 amide bonds. The summed E-state index contributed by atoms with van der Waals surface area (Å²) >= 11 is 0. The number of hydrogen-bond donors (Lipinski definition) is 1. The first-order chi connectivity index (χ1) is 7.65. The summed E-state index contributed by atoms with van der Waals surface area (Å²) in [4.78, 5) is 6.57. The van der Waals surface area contributed by atoms with Gasteiger partial charge >= 0.3 is 6.01 Å². The van der Waals surface area contributed by atoms with Crippen molar-refractivity contribution in [1.82, 2.24) is 15.0 Å². The van der Waals surface area contributed by atoms with Gasteiger partial charge in [0.2, 0.25) is 0 Å². The first-order valence-corrected chi connectivity index (χ1v) is 5.97. The van der Waals surface area contributed by atoms with E-state index in [2.05, 4.69) is 28.9 Å². The van der Waals surface area contributed by atoms with Crippen LogP contribution in [0.2, 0.25) is 0 Å². The van der Waals surface area contributed by atoms with E-state index in [9.17, 15) is 0 Å². The van der Waals surface area contributed by atoms with Gasteiger partial charge in [0.1, 0.15) is 0 Å². The highest BCUT2D eigenvalue weighted by molar-refractivity contribution is 5.07. The van der Waals surface area contributed by atoms with Gasteiger partial charge in [0.05, 0.1) is 0 Å². The predicted molar refractivity (Wildman–Crippen MR) is 61.8 cm³/mol. The van der Waals surface area contributed by atoms with Gasteiger partial charge in [-0.25, -0.2) is 0 Å². The van der Waals surface area contributed by atoms with E-state index in [1.807, 2.05) is 0 Å². The van der Waals surface area contributed by atoms with Crippen LogP contribution in [-0.2, 0) is 6.42 Å². The number of aromatic nitrogens is 2. The number of nitrogen functional groups attached to an aromatic ring is 1. The lowest BCUT2D eigenvalue weighted by Crippen LogP contribution is -2.40. The number of rotatable bonds is 3. The molecule has 1 fully saturated rings.